The predicted molar refractivity (Wildman–Crippen MR) is 80.5 cm³/mol. The Morgan fingerprint density at radius 3 is 2.36 bits per heavy atom. The summed E-state index contributed by atoms with van der Waals surface area (Å²) < 4.78 is 53.3. The fourth-order valence-electron chi connectivity index (χ4n) is 1.51. The Hall–Kier alpha value is -2.26. The van der Waals surface area contributed by atoms with Gasteiger partial charge in [-0.15, -0.1) is 5.10 Å². The van der Waals surface area contributed by atoms with Crippen LogP contribution in [0.2, 0.25) is 0 Å². The molecule has 0 radical (unpaired) electrons. The third-order valence-corrected chi connectivity index (χ3v) is 2.79. The van der Waals surface area contributed by atoms with Crippen molar-refractivity contribution < 1.29 is 37.0 Å². The van der Waals surface area contributed by atoms with Crippen LogP contribution < -0.4 is 4.74 Å². The number of hydrogen-bond donors (Lipinski definition) is 0. The molecule has 1 heterocycles. The monoisotopic (exact) mass is 366 g/mol. The molecule has 1 aromatic heterocycles. The average Bonchev–Trinajstić information content (AvgIpc) is 2.86. The molecule has 0 bridgehead atoms. The lowest BCUT2D eigenvalue weighted by Gasteiger charge is -2.18. The van der Waals surface area contributed by atoms with Gasteiger partial charge in [0.15, 0.2) is 0 Å². The molecule has 142 valence electrons. The van der Waals surface area contributed by atoms with E-state index in [1.54, 1.807) is 27.7 Å². The van der Waals surface area contributed by atoms with Crippen LogP contribution in [0.4, 0.5) is 18.0 Å². The molecule has 0 amide bonds. The van der Waals surface area contributed by atoms with Crippen molar-refractivity contribution in [1.29, 1.82) is 0 Å². The van der Waals surface area contributed by atoms with Crippen LogP contribution in [0.25, 0.3) is 0 Å². The lowest BCUT2D eigenvalue weighted by Crippen LogP contribution is -2.27. The first kappa shape index (κ1) is 20.8. The van der Waals surface area contributed by atoms with Crippen molar-refractivity contribution in [1.82, 2.24) is 9.78 Å². The zero-order valence-electron chi connectivity index (χ0n) is 14.6. The minimum Gasteiger partial charge on any atom is -0.475 e. The molecule has 1 aromatic rings. The number of carbonyl (C=O) groups is 2. The largest absolute Gasteiger partial charge is 0.475 e. The quantitative estimate of drug-likeness (QED) is 0.743. The standard InChI is InChI=1S/C15H21F3N2O5/c1-6-23-12(21)10-7-20(13(22)25-14(3,4)5)19-11(10)24-8-9(2)15(16,17)18/h7,9H,6,8H2,1-5H3. The van der Waals surface area contributed by atoms with Crippen LogP contribution >= 0.6 is 0 Å². The molecule has 0 aliphatic heterocycles. The van der Waals surface area contributed by atoms with Crippen LogP contribution in [-0.2, 0) is 9.47 Å². The molecule has 1 atom stereocenters. The maximum Gasteiger partial charge on any atom is 0.435 e. The Kier molecular flexibility index (Phi) is 6.44. The second-order valence-electron chi connectivity index (χ2n) is 6.25. The first-order chi connectivity index (χ1) is 11.3. The first-order valence-electron chi connectivity index (χ1n) is 7.54. The van der Waals surface area contributed by atoms with Gasteiger partial charge in [0.05, 0.1) is 18.7 Å². The van der Waals surface area contributed by atoms with E-state index in [-0.39, 0.29) is 12.2 Å². The smallest absolute Gasteiger partial charge is 0.435 e. The van der Waals surface area contributed by atoms with Gasteiger partial charge in [0.1, 0.15) is 17.8 Å². The van der Waals surface area contributed by atoms with E-state index in [4.69, 9.17) is 14.2 Å². The third kappa shape index (κ3) is 6.28. The fraction of sp³-hybridized carbons (Fsp3) is 0.667. The van der Waals surface area contributed by atoms with Gasteiger partial charge in [-0.25, -0.2) is 9.59 Å². The first-order valence-corrected chi connectivity index (χ1v) is 7.54. The van der Waals surface area contributed by atoms with Gasteiger partial charge in [0, 0.05) is 0 Å². The minimum atomic E-state index is -4.46. The molecular formula is C15H21F3N2O5. The molecule has 0 aliphatic carbocycles. The molecule has 1 unspecified atom stereocenters. The van der Waals surface area contributed by atoms with Crippen LogP contribution in [0.1, 0.15) is 45.0 Å². The van der Waals surface area contributed by atoms with Crippen molar-refractivity contribution in [3.8, 4) is 5.88 Å². The highest BCUT2D eigenvalue weighted by atomic mass is 19.4. The zero-order chi connectivity index (χ0) is 19.4. The van der Waals surface area contributed by atoms with E-state index in [1.807, 2.05) is 0 Å². The van der Waals surface area contributed by atoms with Crippen molar-refractivity contribution in [2.24, 2.45) is 5.92 Å². The number of alkyl halides is 3. The molecule has 0 fully saturated rings. The van der Waals surface area contributed by atoms with E-state index in [0.717, 1.165) is 13.1 Å². The summed E-state index contributed by atoms with van der Waals surface area (Å²) in [4.78, 5) is 23.9. The molecule has 0 saturated heterocycles. The SMILES string of the molecule is CCOC(=O)c1cn(C(=O)OC(C)(C)C)nc1OCC(C)C(F)(F)F. The van der Waals surface area contributed by atoms with Crippen LogP contribution in [0.3, 0.4) is 0 Å². The van der Waals surface area contributed by atoms with Gasteiger partial charge < -0.3 is 14.2 Å². The highest BCUT2D eigenvalue weighted by molar-refractivity contribution is 5.92. The second kappa shape index (κ2) is 7.75. The summed E-state index contributed by atoms with van der Waals surface area (Å²) in [5.74, 6) is -3.08. The summed E-state index contributed by atoms with van der Waals surface area (Å²) in [7, 11) is 0. The maximum atomic E-state index is 12.6. The summed E-state index contributed by atoms with van der Waals surface area (Å²) in [6.07, 6.45) is -4.37. The number of hydrogen-bond acceptors (Lipinski definition) is 6. The van der Waals surface area contributed by atoms with Gasteiger partial charge in [0.25, 0.3) is 0 Å². The van der Waals surface area contributed by atoms with Gasteiger partial charge in [-0.3, -0.25) is 0 Å². The predicted octanol–water partition coefficient (Wildman–Crippen LogP) is 3.42. The van der Waals surface area contributed by atoms with E-state index >= 15 is 0 Å². The lowest BCUT2D eigenvalue weighted by molar-refractivity contribution is -0.176. The molecule has 0 spiro atoms. The summed E-state index contributed by atoms with van der Waals surface area (Å²) in [6, 6.07) is 0. The number of ether oxygens (including phenoxy) is 3. The van der Waals surface area contributed by atoms with Crippen molar-refractivity contribution in [3.63, 3.8) is 0 Å². The molecule has 1 rings (SSSR count). The normalized spacial score (nSPS) is 13.3. The molecule has 0 aliphatic rings. The van der Waals surface area contributed by atoms with E-state index in [9.17, 15) is 22.8 Å². The Balaban J connectivity index is 3.04. The Labute approximate surface area is 143 Å². The van der Waals surface area contributed by atoms with Crippen LogP contribution in [0.15, 0.2) is 6.20 Å². The summed E-state index contributed by atoms with van der Waals surface area (Å²) in [5.41, 5.74) is -1.08. The number of aromatic nitrogens is 2. The van der Waals surface area contributed by atoms with Gasteiger partial charge >= 0.3 is 18.2 Å². The number of halogens is 3. The van der Waals surface area contributed by atoms with Crippen molar-refractivity contribution >= 4 is 12.1 Å². The van der Waals surface area contributed by atoms with E-state index < -0.39 is 42.2 Å². The molecule has 10 heteroatoms. The number of esters is 1. The molecule has 25 heavy (non-hydrogen) atoms. The van der Waals surface area contributed by atoms with Crippen molar-refractivity contribution in [2.45, 2.75) is 46.4 Å². The van der Waals surface area contributed by atoms with Crippen LogP contribution in [0, 0.1) is 5.92 Å². The Morgan fingerprint density at radius 1 is 1.28 bits per heavy atom. The van der Waals surface area contributed by atoms with Crippen LogP contribution in [0.5, 0.6) is 5.88 Å². The number of nitrogens with zero attached hydrogens (tertiary/aromatic N) is 2. The highest BCUT2D eigenvalue weighted by Crippen LogP contribution is 2.27. The van der Waals surface area contributed by atoms with Gasteiger partial charge in [-0.2, -0.15) is 17.9 Å². The molecular weight excluding hydrogens is 345 g/mol. The Bertz CT molecular complexity index is 620. The second-order valence-corrected chi connectivity index (χ2v) is 6.25. The lowest BCUT2D eigenvalue weighted by atomic mass is 10.2. The summed E-state index contributed by atoms with van der Waals surface area (Å²) >= 11 is 0. The van der Waals surface area contributed by atoms with Gasteiger partial charge in [0.2, 0.25) is 5.88 Å². The van der Waals surface area contributed by atoms with Crippen LogP contribution in [-0.4, -0.2) is 46.8 Å². The molecule has 0 aromatic carbocycles. The Morgan fingerprint density at radius 2 is 1.88 bits per heavy atom. The average molecular weight is 366 g/mol. The van der Waals surface area contributed by atoms with E-state index in [2.05, 4.69) is 5.10 Å². The molecule has 0 N–H and O–H groups in total. The highest BCUT2D eigenvalue weighted by Gasteiger charge is 2.37. The molecule has 7 nitrogen and oxygen atoms in total. The summed E-state index contributed by atoms with van der Waals surface area (Å²) in [5, 5.41) is 3.70. The van der Waals surface area contributed by atoms with Crippen molar-refractivity contribution in [3.05, 3.63) is 11.8 Å². The fourth-order valence-corrected chi connectivity index (χ4v) is 1.51. The number of rotatable bonds is 5. The number of carbonyl (C=O) groups excluding carboxylic acids is 2. The van der Waals surface area contributed by atoms with E-state index in [0.29, 0.717) is 4.68 Å². The van der Waals surface area contributed by atoms with Crippen molar-refractivity contribution in [2.75, 3.05) is 13.2 Å². The van der Waals surface area contributed by atoms with Gasteiger partial charge in [-0.05, 0) is 27.7 Å². The zero-order valence-corrected chi connectivity index (χ0v) is 14.6. The third-order valence-electron chi connectivity index (χ3n) is 2.79. The minimum absolute atomic E-state index is 0.0366. The topological polar surface area (TPSA) is 79.7 Å². The molecule has 0 saturated carbocycles. The van der Waals surface area contributed by atoms with Gasteiger partial charge in [-0.1, -0.05) is 6.92 Å². The van der Waals surface area contributed by atoms with E-state index in [1.165, 1.54) is 0 Å². The maximum absolute atomic E-state index is 12.6. The summed E-state index contributed by atoms with van der Waals surface area (Å²) in [6.45, 7) is 6.64.